The molecule has 28 heavy (non-hydrogen) atoms. The molecule has 0 aliphatic rings. The van der Waals surface area contributed by atoms with Crippen molar-refractivity contribution in [3.05, 3.63) is 71.0 Å². The predicted molar refractivity (Wildman–Crippen MR) is 105 cm³/mol. The third kappa shape index (κ3) is 4.50. The molecule has 0 saturated carbocycles. The van der Waals surface area contributed by atoms with E-state index >= 15 is 0 Å². The standard InChI is InChI=1S/C20H18ClN3O4/c1-13-8-9-16(15(21)10-13)22-18(25)12-28-20(26)19-17(27-2)11-24(23-19)14-6-4-3-5-7-14/h3-11H,12H2,1-2H3,(H,22,25). The first-order chi connectivity index (χ1) is 13.5. The van der Waals surface area contributed by atoms with Gasteiger partial charge in [-0.2, -0.15) is 5.10 Å². The van der Waals surface area contributed by atoms with Crippen molar-refractivity contribution < 1.29 is 19.1 Å². The van der Waals surface area contributed by atoms with E-state index in [1.54, 1.807) is 18.3 Å². The Morgan fingerprint density at radius 1 is 1.18 bits per heavy atom. The molecule has 1 amide bonds. The number of para-hydroxylation sites is 1. The van der Waals surface area contributed by atoms with Gasteiger partial charge in [-0.3, -0.25) is 4.79 Å². The Balaban J connectivity index is 1.66. The lowest BCUT2D eigenvalue weighted by Gasteiger charge is -2.08. The van der Waals surface area contributed by atoms with Crippen LogP contribution < -0.4 is 10.1 Å². The first kappa shape index (κ1) is 19.4. The number of aryl methyl sites for hydroxylation is 1. The van der Waals surface area contributed by atoms with Crippen LogP contribution in [-0.2, 0) is 9.53 Å². The Labute approximate surface area is 166 Å². The van der Waals surface area contributed by atoms with Crippen molar-refractivity contribution in [3.63, 3.8) is 0 Å². The summed E-state index contributed by atoms with van der Waals surface area (Å²) in [6.07, 6.45) is 1.57. The highest BCUT2D eigenvalue weighted by molar-refractivity contribution is 6.33. The summed E-state index contributed by atoms with van der Waals surface area (Å²) in [5, 5.41) is 7.21. The van der Waals surface area contributed by atoms with E-state index in [1.807, 2.05) is 43.3 Å². The van der Waals surface area contributed by atoms with Crippen LogP contribution in [0.5, 0.6) is 5.75 Å². The van der Waals surface area contributed by atoms with E-state index < -0.39 is 18.5 Å². The molecule has 0 spiro atoms. The van der Waals surface area contributed by atoms with E-state index in [-0.39, 0.29) is 11.4 Å². The summed E-state index contributed by atoms with van der Waals surface area (Å²) in [4.78, 5) is 24.4. The second-order valence-corrected chi connectivity index (χ2v) is 6.34. The van der Waals surface area contributed by atoms with Crippen LogP contribution in [0.4, 0.5) is 5.69 Å². The molecule has 0 radical (unpaired) electrons. The monoisotopic (exact) mass is 399 g/mol. The lowest BCUT2D eigenvalue weighted by Crippen LogP contribution is -2.21. The van der Waals surface area contributed by atoms with E-state index in [1.165, 1.54) is 11.8 Å². The van der Waals surface area contributed by atoms with Gasteiger partial charge in [0, 0.05) is 0 Å². The molecule has 3 rings (SSSR count). The highest BCUT2D eigenvalue weighted by Gasteiger charge is 2.21. The zero-order valence-electron chi connectivity index (χ0n) is 15.3. The van der Waals surface area contributed by atoms with Crippen LogP contribution in [0.1, 0.15) is 16.1 Å². The van der Waals surface area contributed by atoms with Gasteiger partial charge in [0.05, 0.1) is 29.7 Å². The summed E-state index contributed by atoms with van der Waals surface area (Å²) in [6.45, 7) is 1.41. The molecule has 0 saturated heterocycles. The summed E-state index contributed by atoms with van der Waals surface area (Å²) >= 11 is 6.08. The smallest absolute Gasteiger partial charge is 0.363 e. The fourth-order valence-electron chi connectivity index (χ4n) is 2.47. The van der Waals surface area contributed by atoms with Gasteiger partial charge in [-0.1, -0.05) is 35.9 Å². The number of hydrogen-bond donors (Lipinski definition) is 1. The van der Waals surface area contributed by atoms with Gasteiger partial charge in [0.15, 0.2) is 12.4 Å². The number of aromatic nitrogens is 2. The van der Waals surface area contributed by atoms with Gasteiger partial charge < -0.3 is 14.8 Å². The quantitative estimate of drug-likeness (QED) is 0.640. The van der Waals surface area contributed by atoms with Crippen molar-refractivity contribution >= 4 is 29.2 Å². The number of amides is 1. The van der Waals surface area contributed by atoms with Gasteiger partial charge in [-0.25, -0.2) is 9.48 Å². The molecule has 0 atom stereocenters. The molecule has 144 valence electrons. The average molecular weight is 400 g/mol. The number of rotatable bonds is 6. The average Bonchev–Trinajstić information content (AvgIpc) is 3.13. The van der Waals surface area contributed by atoms with Crippen molar-refractivity contribution in [2.75, 3.05) is 19.0 Å². The molecule has 0 unspecified atom stereocenters. The third-order valence-electron chi connectivity index (χ3n) is 3.85. The second-order valence-electron chi connectivity index (χ2n) is 5.93. The topological polar surface area (TPSA) is 82.5 Å². The third-order valence-corrected chi connectivity index (χ3v) is 4.16. The molecule has 3 aromatic rings. The minimum atomic E-state index is -0.767. The van der Waals surface area contributed by atoms with Crippen LogP contribution in [0.25, 0.3) is 5.69 Å². The van der Waals surface area contributed by atoms with E-state index in [2.05, 4.69) is 10.4 Å². The normalized spacial score (nSPS) is 10.4. The van der Waals surface area contributed by atoms with Gasteiger partial charge >= 0.3 is 5.97 Å². The lowest BCUT2D eigenvalue weighted by atomic mass is 10.2. The van der Waals surface area contributed by atoms with E-state index in [0.717, 1.165) is 11.3 Å². The van der Waals surface area contributed by atoms with E-state index in [9.17, 15) is 9.59 Å². The molecule has 1 N–H and O–H groups in total. The minimum Gasteiger partial charge on any atom is -0.493 e. The maximum Gasteiger partial charge on any atom is 0.363 e. The summed E-state index contributed by atoms with van der Waals surface area (Å²) in [5.41, 5.74) is 2.15. The Morgan fingerprint density at radius 3 is 2.61 bits per heavy atom. The number of carbonyl (C=O) groups excluding carboxylic acids is 2. The molecule has 0 bridgehead atoms. The Hall–Kier alpha value is -3.32. The maximum absolute atomic E-state index is 12.4. The van der Waals surface area contributed by atoms with Gasteiger partial charge in [0.25, 0.3) is 5.91 Å². The van der Waals surface area contributed by atoms with Crippen LogP contribution in [0, 0.1) is 6.92 Å². The number of benzene rings is 2. The molecular formula is C20H18ClN3O4. The van der Waals surface area contributed by atoms with Gasteiger partial charge in [-0.15, -0.1) is 0 Å². The lowest BCUT2D eigenvalue weighted by molar-refractivity contribution is -0.119. The summed E-state index contributed by atoms with van der Waals surface area (Å²) in [5.74, 6) is -1.03. The number of hydrogen-bond acceptors (Lipinski definition) is 5. The van der Waals surface area contributed by atoms with Crippen LogP contribution in [0.15, 0.2) is 54.7 Å². The molecule has 0 fully saturated rings. The number of nitrogens with zero attached hydrogens (tertiary/aromatic N) is 2. The maximum atomic E-state index is 12.4. The summed E-state index contributed by atoms with van der Waals surface area (Å²) < 4.78 is 11.8. The van der Waals surface area contributed by atoms with E-state index in [4.69, 9.17) is 21.1 Å². The number of ether oxygens (including phenoxy) is 2. The Morgan fingerprint density at radius 2 is 1.93 bits per heavy atom. The second kappa shape index (κ2) is 8.58. The van der Waals surface area contributed by atoms with Crippen molar-refractivity contribution in [1.29, 1.82) is 0 Å². The van der Waals surface area contributed by atoms with Crippen LogP contribution in [0.2, 0.25) is 5.02 Å². The molecule has 0 aliphatic carbocycles. The molecule has 1 heterocycles. The van der Waals surface area contributed by atoms with Crippen LogP contribution >= 0.6 is 11.6 Å². The predicted octanol–water partition coefficient (Wildman–Crippen LogP) is 3.64. The molecular weight excluding hydrogens is 382 g/mol. The first-order valence-electron chi connectivity index (χ1n) is 8.40. The van der Waals surface area contributed by atoms with Crippen molar-refractivity contribution in [2.45, 2.75) is 6.92 Å². The number of anilines is 1. The number of halogens is 1. The largest absolute Gasteiger partial charge is 0.493 e. The van der Waals surface area contributed by atoms with Gasteiger partial charge in [-0.05, 0) is 36.8 Å². The molecule has 0 aliphatic heterocycles. The van der Waals surface area contributed by atoms with Crippen molar-refractivity contribution in [3.8, 4) is 11.4 Å². The Kier molecular flexibility index (Phi) is 5.96. The zero-order chi connectivity index (χ0) is 20.1. The van der Waals surface area contributed by atoms with Crippen LogP contribution in [-0.4, -0.2) is 35.4 Å². The van der Waals surface area contributed by atoms with Gasteiger partial charge in [0.1, 0.15) is 0 Å². The SMILES string of the molecule is COc1cn(-c2ccccc2)nc1C(=O)OCC(=O)Nc1ccc(C)cc1Cl. The number of nitrogens with one attached hydrogen (secondary N) is 1. The van der Waals surface area contributed by atoms with Crippen LogP contribution in [0.3, 0.4) is 0 Å². The highest BCUT2D eigenvalue weighted by Crippen LogP contribution is 2.23. The highest BCUT2D eigenvalue weighted by atomic mass is 35.5. The van der Waals surface area contributed by atoms with Crippen molar-refractivity contribution in [2.24, 2.45) is 0 Å². The number of esters is 1. The minimum absolute atomic E-state index is 0.0208. The summed E-state index contributed by atoms with van der Waals surface area (Å²) in [7, 11) is 1.43. The molecule has 1 aromatic heterocycles. The summed E-state index contributed by atoms with van der Waals surface area (Å²) in [6, 6.07) is 14.5. The number of methoxy groups -OCH3 is 1. The molecule has 7 nitrogen and oxygen atoms in total. The molecule has 2 aromatic carbocycles. The van der Waals surface area contributed by atoms with Gasteiger partial charge in [0.2, 0.25) is 5.69 Å². The first-order valence-corrected chi connectivity index (χ1v) is 8.78. The zero-order valence-corrected chi connectivity index (χ0v) is 16.1. The molecule has 8 heteroatoms. The number of carbonyl (C=O) groups is 2. The fraction of sp³-hybridized carbons (Fsp3) is 0.150. The fourth-order valence-corrected chi connectivity index (χ4v) is 2.75. The van der Waals surface area contributed by atoms with E-state index in [0.29, 0.717) is 10.7 Å². The Bertz CT molecular complexity index is 1000. The van der Waals surface area contributed by atoms with Crippen molar-refractivity contribution in [1.82, 2.24) is 9.78 Å².